The molecule has 0 bridgehead atoms. The maximum atomic E-state index is 13.5. The van der Waals surface area contributed by atoms with Crippen molar-refractivity contribution in [3.63, 3.8) is 0 Å². The van der Waals surface area contributed by atoms with Gasteiger partial charge in [0.15, 0.2) is 6.61 Å². The number of nitrogens with zero attached hydrogens (tertiary/aromatic N) is 5. The lowest BCUT2D eigenvalue weighted by Crippen LogP contribution is -2.68. The maximum absolute atomic E-state index is 13.5. The van der Waals surface area contributed by atoms with Crippen molar-refractivity contribution in [2.45, 2.75) is 43.8 Å². The lowest BCUT2D eigenvalue weighted by Gasteiger charge is -2.53. The van der Waals surface area contributed by atoms with Gasteiger partial charge >= 0.3 is 24.3 Å². The van der Waals surface area contributed by atoms with E-state index in [0.29, 0.717) is 6.54 Å². The molecule has 0 radical (unpaired) electrons. The number of aromatic nitrogens is 2. The molecular weight excluding hydrogens is 632 g/mol. The molecule has 0 spiro atoms. The van der Waals surface area contributed by atoms with E-state index < -0.39 is 30.9 Å². The van der Waals surface area contributed by atoms with Gasteiger partial charge in [0.05, 0.1) is 19.3 Å². The van der Waals surface area contributed by atoms with Crippen LogP contribution in [0.2, 0.25) is 0 Å². The molecule has 254 valence electrons. The average molecular weight is 668 g/mol. The molecule has 0 saturated carbocycles. The Kier molecular flexibility index (Phi) is 10.4. The molecule has 2 saturated heterocycles. The van der Waals surface area contributed by atoms with Crippen molar-refractivity contribution in [1.29, 1.82) is 0 Å². The minimum Gasteiger partial charge on any atom is -0.481 e. The summed E-state index contributed by atoms with van der Waals surface area (Å²) in [7, 11) is 1.30. The number of halogens is 6. The predicted molar refractivity (Wildman–Crippen MR) is 158 cm³/mol. The molecule has 2 aliphatic heterocycles. The van der Waals surface area contributed by atoms with E-state index in [0.717, 1.165) is 16.0 Å². The minimum atomic E-state index is -5.02. The number of fused-ring (bicyclic) bond motifs is 1. The quantitative estimate of drug-likeness (QED) is 0.282. The van der Waals surface area contributed by atoms with Crippen LogP contribution in [0.3, 0.4) is 0 Å². The molecule has 2 aromatic carbocycles. The van der Waals surface area contributed by atoms with E-state index >= 15 is 0 Å². The standard InChI is InChI=1S/C32H35F6N5O4/c1-3-46-30-39-27(45-2)24(28(40-30)47-20-31(33,34)35)18-41-16-23-17-42(29(44)32(36,37)38)14-15-43(23)25(19-41)26(21-10-6-4-7-11-21)22-12-8-5-9-13-22/h4-13,23,25-26H,3,14-20H2,1-2H3/t23-,25?/m1/s1. The fourth-order valence-electron chi connectivity index (χ4n) is 6.37. The highest BCUT2D eigenvalue weighted by molar-refractivity contribution is 5.82. The molecule has 1 amide bonds. The Balaban J connectivity index is 1.55. The van der Waals surface area contributed by atoms with Crippen LogP contribution >= 0.6 is 0 Å². The number of carbonyl (C=O) groups is 1. The SMILES string of the molecule is CCOc1nc(OC)c(CN2CC(C(c3ccccc3)c3ccccc3)N3CCN(C(=O)C(F)(F)F)C[C@H]3C2)c(OCC(F)(F)F)n1. The highest BCUT2D eigenvalue weighted by atomic mass is 19.4. The molecule has 47 heavy (non-hydrogen) atoms. The molecule has 3 aromatic rings. The van der Waals surface area contributed by atoms with Crippen molar-refractivity contribution in [1.82, 2.24) is 24.7 Å². The molecule has 1 unspecified atom stereocenters. The number of hydrogen-bond acceptors (Lipinski definition) is 8. The van der Waals surface area contributed by atoms with Gasteiger partial charge in [-0.15, -0.1) is 0 Å². The average Bonchev–Trinajstić information content (AvgIpc) is 3.04. The minimum absolute atomic E-state index is 0.0485. The van der Waals surface area contributed by atoms with Gasteiger partial charge < -0.3 is 19.1 Å². The second-order valence-corrected chi connectivity index (χ2v) is 11.3. The summed E-state index contributed by atoms with van der Waals surface area (Å²) in [6, 6.07) is 18.3. The normalized spacial score (nSPS) is 19.4. The van der Waals surface area contributed by atoms with E-state index in [1.165, 1.54) is 7.11 Å². The van der Waals surface area contributed by atoms with Gasteiger partial charge in [-0.2, -0.15) is 36.3 Å². The maximum Gasteiger partial charge on any atom is 0.471 e. The van der Waals surface area contributed by atoms with Crippen LogP contribution in [0.25, 0.3) is 0 Å². The summed E-state index contributed by atoms with van der Waals surface area (Å²) in [5.74, 6) is -2.57. The topological polar surface area (TPSA) is 80.3 Å². The molecule has 2 atom stereocenters. The van der Waals surface area contributed by atoms with E-state index in [4.69, 9.17) is 14.2 Å². The Morgan fingerprint density at radius 3 is 2.04 bits per heavy atom. The van der Waals surface area contributed by atoms with Crippen LogP contribution in [-0.4, -0.2) is 108 Å². The van der Waals surface area contributed by atoms with E-state index in [1.54, 1.807) is 6.92 Å². The molecule has 2 aliphatic rings. The van der Waals surface area contributed by atoms with Crippen molar-refractivity contribution in [3.8, 4) is 17.8 Å². The summed E-state index contributed by atoms with van der Waals surface area (Å²) < 4.78 is 96.1. The number of hydrogen-bond donors (Lipinski definition) is 0. The summed E-state index contributed by atoms with van der Waals surface area (Å²) in [5, 5.41) is 0. The van der Waals surface area contributed by atoms with Crippen molar-refractivity contribution < 1.29 is 45.3 Å². The van der Waals surface area contributed by atoms with Gasteiger partial charge in [-0.05, 0) is 18.1 Å². The van der Waals surface area contributed by atoms with Gasteiger partial charge in [-0.1, -0.05) is 60.7 Å². The number of piperazine rings is 2. The van der Waals surface area contributed by atoms with Crippen LogP contribution in [0, 0.1) is 0 Å². The van der Waals surface area contributed by atoms with Crippen LogP contribution in [0.5, 0.6) is 17.8 Å². The summed E-state index contributed by atoms with van der Waals surface area (Å²) in [6.07, 6.45) is -9.68. The molecule has 0 N–H and O–H groups in total. The van der Waals surface area contributed by atoms with E-state index in [-0.39, 0.29) is 74.6 Å². The van der Waals surface area contributed by atoms with Crippen molar-refractivity contribution in [2.75, 3.05) is 53.0 Å². The number of methoxy groups -OCH3 is 1. The van der Waals surface area contributed by atoms with Crippen molar-refractivity contribution in [3.05, 3.63) is 77.4 Å². The largest absolute Gasteiger partial charge is 0.481 e. The molecular formula is C32H35F6N5O4. The van der Waals surface area contributed by atoms with Gasteiger partial charge in [0, 0.05) is 57.3 Å². The van der Waals surface area contributed by atoms with E-state index in [2.05, 4.69) is 14.9 Å². The van der Waals surface area contributed by atoms with Crippen LogP contribution in [0.1, 0.15) is 29.5 Å². The number of amides is 1. The third-order valence-electron chi connectivity index (χ3n) is 8.23. The van der Waals surface area contributed by atoms with Crippen molar-refractivity contribution >= 4 is 5.91 Å². The summed E-state index contributed by atoms with van der Waals surface area (Å²) in [6.45, 7) is 0.615. The predicted octanol–water partition coefficient (Wildman–Crippen LogP) is 4.92. The zero-order valence-electron chi connectivity index (χ0n) is 25.8. The third-order valence-corrected chi connectivity index (χ3v) is 8.23. The van der Waals surface area contributed by atoms with E-state index in [1.807, 2.05) is 65.6 Å². The molecule has 3 heterocycles. The number of alkyl halides is 6. The monoisotopic (exact) mass is 667 g/mol. The van der Waals surface area contributed by atoms with Crippen LogP contribution in [0.4, 0.5) is 26.3 Å². The molecule has 9 nitrogen and oxygen atoms in total. The zero-order chi connectivity index (χ0) is 33.8. The van der Waals surface area contributed by atoms with Crippen LogP contribution in [0.15, 0.2) is 60.7 Å². The van der Waals surface area contributed by atoms with Gasteiger partial charge in [0.2, 0.25) is 11.8 Å². The lowest BCUT2D eigenvalue weighted by molar-refractivity contribution is -0.189. The lowest BCUT2D eigenvalue weighted by atomic mass is 9.81. The fourth-order valence-corrected chi connectivity index (χ4v) is 6.37. The second kappa shape index (κ2) is 14.3. The highest BCUT2D eigenvalue weighted by Crippen LogP contribution is 2.38. The first-order valence-corrected chi connectivity index (χ1v) is 15.1. The smallest absolute Gasteiger partial charge is 0.471 e. The summed E-state index contributed by atoms with van der Waals surface area (Å²) in [5.41, 5.74) is 2.09. The van der Waals surface area contributed by atoms with Crippen LogP contribution in [-0.2, 0) is 11.3 Å². The Bertz CT molecular complexity index is 1460. The second-order valence-electron chi connectivity index (χ2n) is 11.3. The number of ether oxygens (including phenoxy) is 3. The highest BCUT2D eigenvalue weighted by Gasteiger charge is 2.48. The van der Waals surface area contributed by atoms with Gasteiger partial charge in [0.1, 0.15) is 0 Å². The van der Waals surface area contributed by atoms with Crippen molar-refractivity contribution in [2.24, 2.45) is 0 Å². The Hall–Kier alpha value is -4.11. The van der Waals surface area contributed by atoms with Gasteiger partial charge in [-0.25, -0.2) is 0 Å². The third kappa shape index (κ3) is 8.25. The Morgan fingerprint density at radius 2 is 1.49 bits per heavy atom. The molecule has 0 aliphatic carbocycles. The molecule has 1 aromatic heterocycles. The Labute approximate surface area is 268 Å². The zero-order valence-corrected chi connectivity index (χ0v) is 25.8. The molecule has 2 fully saturated rings. The fraction of sp³-hybridized carbons (Fsp3) is 0.469. The first kappa shape index (κ1) is 34.2. The Morgan fingerprint density at radius 1 is 0.872 bits per heavy atom. The summed E-state index contributed by atoms with van der Waals surface area (Å²) >= 11 is 0. The first-order chi connectivity index (χ1) is 22.4. The molecule has 15 heteroatoms. The van der Waals surface area contributed by atoms with E-state index in [9.17, 15) is 31.1 Å². The number of rotatable bonds is 10. The summed E-state index contributed by atoms with van der Waals surface area (Å²) in [4.78, 5) is 25.5. The number of benzene rings is 2. The van der Waals surface area contributed by atoms with Crippen LogP contribution < -0.4 is 14.2 Å². The van der Waals surface area contributed by atoms with Gasteiger partial charge in [0.25, 0.3) is 0 Å². The first-order valence-electron chi connectivity index (χ1n) is 15.1. The van der Waals surface area contributed by atoms with Gasteiger partial charge in [-0.3, -0.25) is 14.6 Å². The molecule has 5 rings (SSSR count). The number of carbonyl (C=O) groups excluding carboxylic acids is 1.